The van der Waals surface area contributed by atoms with Crippen LogP contribution >= 0.6 is 22.7 Å². The van der Waals surface area contributed by atoms with Gasteiger partial charge in [0.05, 0.1) is 16.4 Å². The predicted molar refractivity (Wildman–Crippen MR) is 89.3 cm³/mol. The van der Waals surface area contributed by atoms with Crippen molar-refractivity contribution < 1.29 is 4.79 Å². The predicted octanol–water partition coefficient (Wildman–Crippen LogP) is 2.28. The molecule has 0 fully saturated rings. The molecule has 0 aliphatic rings. The van der Waals surface area contributed by atoms with Crippen molar-refractivity contribution in [2.75, 3.05) is 6.54 Å². The van der Waals surface area contributed by atoms with Crippen LogP contribution in [0.15, 0.2) is 23.2 Å². The van der Waals surface area contributed by atoms with Gasteiger partial charge in [0.15, 0.2) is 0 Å². The Hall–Kier alpha value is -2.13. The number of rotatable bonds is 6. The van der Waals surface area contributed by atoms with Crippen molar-refractivity contribution >= 4 is 28.6 Å². The molecule has 0 radical (unpaired) electrons. The third-order valence-electron chi connectivity index (χ3n) is 3.18. The summed E-state index contributed by atoms with van der Waals surface area (Å²) in [5.41, 5.74) is 1.71. The topological polar surface area (TPSA) is 85.6 Å². The lowest BCUT2D eigenvalue weighted by Gasteiger charge is -2.04. The van der Waals surface area contributed by atoms with Gasteiger partial charge in [-0.1, -0.05) is 13.8 Å². The number of carbonyl (C=O) groups excluding carboxylic acids is 1. The number of nitrogens with one attached hydrogen (secondary N) is 1. The molecule has 0 unspecified atom stereocenters. The van der Waals surface area contributed by atoms with Crippen LogP contribution < -0.4 is 5.32 Å². The number of hydrogen-bond acceptors (Lipinski definition) is 7. The van der Waals surface area contributed by atoms with Crippen molar-refractivity contribution in [3.63, 3.8) is 0 Å². The lowest BCUT2D eigenvalue weighted by atomic mass is 10.2. The van der Waals surface area contributed by atoms with Gasteiger partial charge in [0.1, 0.15) is 11.2 Å². The van der Waals surface area contributed by atoms with Gasteiger partial charge in [-0.2, -0.15) is 4.68 Å². The largest absolute Gasteiger partial charge is 0.351 e. The molecule has 0 aliphatic heterocycles. The number of carbonyl (C=O) groups is 1. The first kappa shape index (κ1) is 15.8. The molecule has 7 nitrogen and oxygen atoms in total. The fourth-order valence-electron chi connectivity index (χ4n) is 2.01. The van der Waals surface area contributed by atoms with E-state index in [-0.39, 0.29) is 5.91 Å². The van der Waals surface area contributed by atoms with Crippen LogP contribution in [0.2, 0.25) is 0 Å². The van der Waals surface area contributed by atoms with Gasteiger partial charge in [-0.15, -0.1) is 27.8 Å². The summed E-state index contributed by atoms with van der Waals surface area (Å²) in [6.07, 6.45) is 2.20. The van der Waals surface area contributed by atoms with Crippen LogP contribution in [0, 0.1) is 0 Å². The van der Waals surface area contributed by atoms with E-state index in [2.05, 4.69) is 45.1 Å². The van der Waals surface area contributed by atoms with Crippen molar-refractivity contribution in [3.8, 4) is 5.69 Å². The highest BCUT2D eigenvalue weighted by molar-refractivity contribution is 7.12. The molecule has 3 aromatic rings. The average Bonchev–Trinajstić information content (AvgIpc) is 3.27. The molecule has 3 aromatic heterocycles. The van der Waals surface area contributed by atoms with Crippen molar-refractivity contribution in [3.05, 3.63) is 38.7 Å². The summed E-state index contributed by atoms with van der Waals surface area (Å²) in [5, 5.41) is 19.0. The van der Waals surface area contributed by atoms with E-state index in [0.717, 1.165) is 17.1 Å². The number of aromatic nitrogens is 5. The van der Waals surface area contributed by atoms with E-state index in [1.165, 1.54) is 22.3 Å². The van der Waals surface area contributed by atoms with Crippen molar-refractivity contribution in [2.24, 2.45) is 0 Å². The Kier molecular flexibility index (Phi) is 4.77. The summed E-state index contributed by atoms with van der Waals surface area (Å²) < 4.78 is 1.49. The molecular formula is C14H16N6OS2. The maximum absolute atomic E-state index is 12.3. The Morgan fingerprint density at radius 1 is 1.39 bits per heavy atom. The van der Waals surface area contributed by atoms with Gasteiger partial charge in [0, 0.05) is 24.3 Å². The Bertz CT molecular complexity index is 777. The van der Waals surface area contributed by atoms with E-state index in [0.29, 0.717) is 23.0 Å². The molecule has 3 heterocycles. The number of nitrogens with zero attached hydrogens (tertiary/aromatic N) is 5. The van der Waals surface area contributed by atoms with Gasteiger partial charge in [0.25, 0.3) is 5.91 Å². The molecule has 0 aromatic carbocycles. The molecule has 1 N–H and O–H groups in total. The fourth-order valence-corrected chi connectivity index (χ4v) is 3.68. The zero-order valence-corrected chi connectivity index (χ0v) is 14.4. The third kappa shape index (κ3) is 3.62. The molecule has 0 atom stereocenters. The van der Waals surface area contributed by atoms with Crippen LogP contribution in [0.1, 0.15) is 40.1 Å². The van der Waals surface area contributed by atoms with Gasteiger partial charge in [0.2, 0.25) is 0 Å². The third-order valence-corrected chi connectivity index (χ3v) is 5.27. The average molecular weight is 348 g/mol. The first-order chi connectivity index (χ1) is 11.1. The Morgan fingerprint density at radius 3 is 2.96 bits per heavy atom. The number of hydrogen-bond donors (Lipinski definition) is 1. The quantitative estimate of drug-likeness (QED) is 0.738. The number of amides is 1. The van der Waals surface area contributed by atoms with Crippen LogP contribution in [0.4, 0.5) is 0 Å². The molecule has 0 spiro atoms. The monoisotopic (exact) mass is 348 g/mol. The Balaban J connectivity index is 1.59. The van der Waals surface area contributed by atoms with Gasteiger partial charge < -0.3 is 5.32 Å². The first-order valence-corrected chi connectivity index (χ1v) is 8.94. The lowest BCUT2D eigenvalue weighted by Crippen LogP contribution is -2.26. The second-order valence-corrected chi connectivity index (χ2v) is 7.03. The highest BCUT2D eigenvalue weighted by atomic mass is 32.1. The summed E-state index contributed by atoms with van der Waals surface area (Å²) in [4.78, 5) is 17.5. The van der Waals surface area contributed by atoms with E-state index in [1.807, 2.05) is 11.4 Å². The number of thiazole rings is 1. The summed E-state index contributed by atoms with van der Waals surface area (Å²) >= 11 is 3.04. The van der Waals surface area contributed by atoms with E-state index in [4.69, 9.17) is 0 Å². The summed E-state index contributed by atoms with van der Waals surface area (Å²) in [5.74, 6) is 0.318. The molecule has 120 valence electrons. The number of thiophene rings is 1. The Labute approximate surface area is 141 Å². The summed E-state index contributed by atoms with van der Waals surface area (Å²) in [6, 6.07) is 1.82. The highest BCUT2D eigenvalue weighted by Crippen LogP contribution is 2.20. The van der Waals surface area contributed by atoms with E-state index < -0.39 is 0 Å². The highest BCUT2D eigenvalue weighted by Gasteiger charge is 2.15. The molecular weight excluding hydrogens is 332 g/mol. The minimum Gasteiger partial charge on any atom is -0.351 e. The molecule has 0 bridgehead atoms. The SMILES string of the molecule is CC(C)c1nc(CCNC(=O)c2sccc2-n2cnnn2)cs1. The lowest BCUT2D eigenvalue weighted by molar-refractivity contribution is 0.0958. The number of tetrazole rings is 1. The standard InChI is InChI=1S/C14H16N6OS2/c1-9(2)14-17-10(7-23-14)3-5-15-13(21)12-11(4-6-22-12)20-8-16-18-19-20/h4,6-9H,3,5H2,1-2H3,(H,15,21). The molecule has 23 heavy (non-hydrogen) atoms. The van der Waals surface area contributed by atoms with Crippen LogP contribution in [0.3, 0.4) is 0 Å². The molecule has 0 saturated heterocycles. The van der Waals surface area contributed by atoms with Crippen LogP contribution in [0.5, 0.6) is 0 Å². The molecule has 0 saturated carbocycles. The second-order valence-electron chi connectivity index (χ2n) is 5.23. The normalized spacial score (nSPS) is 11.1. The minimum atomic E-state index is -0.121. The van der Waals surface area contributed by atoms with Gasteiger partial charge >= 0.3 is 0 Å². The Morgan fingerprint density at radius 2 is 2.26 bits per heavy atom. The first-order valence-electron chi connectivity index (χ1n) is 7.18. The maximum Gasteiger partial charge on any atom is 0.263 e. The molecule has 3 rings (SSSR count). The molecule has 9 heteroatoms. The van der Waals surface area contributed by atoms with Gasteiger partial charge in [-0.25, -0.2) is 4.98 Å². The smallest absolute Gasteiger partial charge is 0.263 e. The minimum absolute atomic E-state index is 0.121. The summed E-state index contributed by atoms with van der Waals surface area (Å²) in [7, 11) is 0. The summed E-state index contributed by atoms with van der Waals surface area (Å²) in [6.45, 7) is 4.80. The van der Waals surface area contributed by atoms with Gasteiger partial charge in [-0.05, 0) is 21.9 Å². The molecule has 1 amide bonds. The van der Waals surface area contributed by atoms with Crippen LogP contribution in [-0.4, -0.2) is 37.6 Å². The zero-order chi connectivity index (χ0) is 16.2. The zero-order valence-electron chi connectivity index (χ0n) is 12.8. The van der Waals surface area contributed by atoms with E-state index in [9.17, 15) is 4.79 Å². The van der Waals surface area contributed by atoms with Crippen molar-refractivity contribution in [2.45, 2.75) is 26.2 Å². The maximum atomic E-state index is 12.3. The second kappa shape index (κ2) is 6.97. The van der Waals surface area contributed by atoms with Crippen molar-refractivity contribution in [1.82, 2.24) is 30.5 Å². The van der Waals surface area contributed by atoms with Gasteiger partial charge in [-0.3, -0.25) is 4.79 Å². The van der Waals surface area contributed by atoms with E-state index in [1.54, 1.807) is 11.3 Å². The molecule has 0 aliphatic carbocycles. The van der Waals surface area contributed by atoms with Crippen molar-refractivity contribution in [1.29, 1.82) is 0 Å². The van der Waals surface area contributed by atoms with Crippen LogP contribution in [0.25, 0.3) is 5.69 Å². The fraction of sp³-hybridized carbons (Fsp3) is 0.357. The van der Waals surface area contributed by atoms with E-state index >= 15 is 0 Å². The van der Waals surface area contributed by atoms with Crippen LogP contribution in [-0.2, 0) is 6.42 Å².